The van der Waals surface area contributed by atoms with Crippen LogP contribution < -0.4 is 0 Å². The summed E-state index contributed by atoms with van der Waals surface area (Å²) in [4.78, 5) is 1.24. The fraction of sp³-hybridized carbons (Fsp3) is 0.0625. The quantitative estimate of drug-likeness (QED) is 0.215. The fourth-order valence-corrected chi connectivity index (χ4v) is 5.25. The summed E-state index contributed by atoms with van der Waals surface area (Å²) in [6.07, 6.45) is 0. The Hall–Kier alpha value is -4.18. The lowest BCUT2D eigenvalue weighted by Gasteiger charge is -2.05. The van der Waals surface area contributed by atoms with Gasteiger partial charge in [-0.1, -0.05) is 35.8 Å². The van der Waals surface area contributed by atoms with Gasteiger partial charge in [-0.05, 0) is 109 Å². The lowest BCUT2D eigenvalue weighted by molar-refractivity contribution is 0.627. The number of aryl methyl sites for hydroxylation is 2. The van der Waals surface area contributed by atoms with Gasteiger partial charge in [0.2, 0.25) is 0 Å². The highest BCUT2D eigenvalue weighted by molar-refractivity contribution is 7.22. The summed E-state index contributed by atoms with van der Waals surface area (Å²) >= 11 is 1.76. The Morgan fingerprint density at radius 3 is 1.63 bits per heavy atom. The van der Waals surface area contributed by atoms with E-state index in [9.17, 15) is 8.78 Å². The van der Waals surface area contributed by atoms with Crippen LogP contribution >= 0.6 is 11.3 Å². The van der Waals surface area contributed by atoms with E-state index in [1.165, 1.54) is 50.4 Å². The maximum Gasteiger partial charge on any atom is 0.123 e. The van der Waals surface area contributed by atoms with Crippen LogP contribution in [0.5, 0.6) is 0 Å². The topological polar surface area (TPSA) is 0 Å². The lowest BCUT2D eigenvalue weighted by atomic mass is 10.0. The monoisotopic (exact) mass is 474 g/mol. The lowest BCUT2D eigenvalue weighted by Crippen LogP contribution is -1.85. The molecule has 168 valence electrons. The Bertz CT molecular complexity index is 1670. The van der Waals surface area contributed by atoms with Crippen molar-refractivity contribution in [1.29, 1.82) is 0 Å². The maximum atomic E-state index is 13.1. The van der Waals surface area contributed by atoms with Crippen molar-refractivity contribution in [2.24, 2.45) is 0 Å². The predicted octanol–water partition coefficient (Wildman–Crippen LogP) is 8.26. The van der Waals surface area contributed by atoms with Crippen molar-refractivity contribution in [2.45, 2.75) is 13.8 Å². The number of halogens is 2. The number of benzene rings is 4. The third-order valence-electron chi connectivity index (χ3n) is 5.80. The van der Waals surface area contributed by atoms with Gasteiger partial charge in [-0.3, -0.25) is 0 Å². The molecule has 0 radical (unpaired) electrons. The molecule has 5 aromatic rings. The Morgan fingerprint density at radius 2 is 1.06 bits per heavy atom. The van der Waals surface area contributed by atoms with E-state index >= 15 is 0 Å². The maximum absolute atomic E-state index is 13.1. The van der Waals surface area contributed by atoms with Crippen LogP contribution in [0.2, 0.25) is 0 Å². The molecule has 35 heavy (non-hydrogen) atoms. The second kappa shape index (κ2) is 9.59. The molecule has 0 aliphatic heterocycles. The van der Waals surface area contributed by atoms with Gasteiger partial charge < -0.3 is 0 Å². The molecule has 0 amide bonds. The van der Waals surface area contributed by atoms with Crippen LogP contribution in [-0.4, -0.2) is 0 Å². The van der Waals surface area contributed by atoms with Crippen molar-refractivity contribution in [1.82, 2.24) is 0 Å². The Balaban J connectivity index is 1.44. The molecule has 0 saturated carbocycles. The molecule has 1 aromatic heterocycles. The van der Waals surface area contributed by atoms with Crippen LogP contribution in [0.3, 0.4) is 0 Å². The highest BCUT2D eigenvalue weighted by Gasteiger charge is 2.13. The third kappa shape index (κ3) is 5.02. The Kier molecular flexibility index (Phi) is 6.19. The summed E-state index contributed by atoms with van der Waals surface area (Å²) in [5.41, 5.74) is 7.01. The molecular weight excluding hydrogens is 454 g/mol. The zero-order valence-electron chi connectivity index (χ0n) is 19.2. The smallest absolute Gasteiger partial charge is 0.123 e. The van der Waals surface area contributed by atoms with Gasteiger partial charge in [-0.15, -0.1) is 11.3 Å². The molecule has 0 aliphatic rings. The summed E-state index contributed by atoms with van der Waals surface area (Å²) in [7, 11) is 0. The predicted molar refractivity (Wildman–Crippen MR) is 141 cm³/mol. The number of rotatable bonds is 1. The fourth-order valence-electron chi connectivity index (χ4n) is 3.91. The first-order valence-electron chi connectivity index (χ1n) is 11.2. The van der Waals surface area contributed by atoms with Gasteiger partial charge in [0, 0.05) is 31.8 Å². The van der Waals surface area contributed by atoms with Crippen LogP contribution in [0.25, 0.3) is 20.5 Å². The van der Waals surface area contributed by atoms with Crippen molar-refractivity contribution in [3.8, 4) is 34.1 Å². The molecule has 0 fully saturated rings. The summed E-state index contributed by atoms with van der Waals surface area (Å²) in [5.74, 6) is 12.0. The van der Waals surface area contributed by atoms with E-state index in [4.69, 9.17) is 0 Å². The van der Waals surface area contributed by atoms with Crippen molar-refractivity contribution < 1.29 is 8.78 Å². The average Bonchev–Trinajstić information content (AvgIpc) is 3.19. The molecule has 0 nitrogen and oxygen atoms in total. The van der Waals surface area contributed by atoms with E-state index in [0.29, 0.717) is 0 Å². The standard InChI is InChI=1S/C32H20F2S/c1-21-19-25(5-3-23-7-13-27(33)14-8-23)11-17-29(21)32-22(2)30-18-12-26(20-31(30)35-32)6-4-24-9-15-28(34)16-10-24/h7-20H,1-2H3. The van der Waals surface area contributed by atoms with Crippen LogP contribution in [0.15, 0.2) is 84.9 Å². The molecule has 1 heterocycles. The first-order chi connectivity index (χ1) is 17.0. The van der Waals surface area contributed by atoms with Crippen molar-refractivity contribution in [2.75, 3.05) is 0 Å². The van der Waals surface area contributed by atoms with Crippen LogP contribution in [0.4, 0.5) is 8.78 Å². The summed E-state index contributed by atoms with van der Waals surface area (Å²) < 4.78 is 27.4. The number of fused-ring (bicyclic) bond motifs is 1. The molecule has 3 heteroatoms. The van der Waals surface area contributed by atoms with Gasteiger partial charge in [-0.2, -0.15) is 0 Å². The van der Waals surface area contributed by atoms with Crippen molar-refractivity contribution in [3.05, 3.63) is 130 Å². The highest BCUT2D eigenvalue weighted by Crippen LogP contribution is 2.39. The summed E-state index contributed by atoms with van der Waals surface area (Å²) in [5, 5.41) is 1.22. The van der Waals surface area contributed by atoms with E-state index in [-0.39, 0.29) is 11.6 Å². The summed E-state index contributed by atoms with van der Waals surface area (Å²) in [6, 6.07) is 24.9. The molecule has 0 spiro atoms. The number of hydrogen-bond acceptors (Lipinski definition) is 1. The number of hydrogen-bond donors (Lipinski definition) is 0. The number of thiophene rings is 1. The first-order valence-corrected chi connectivity index (χ1v) is 12.0. The summed E-state index contributed by atoms with van der Waals surface area (Å²) in [6.45, 7) is 4.25. The van der Waals surface area contributed by atoms with E-state index in [2.05, 4.69) is 61.8 Å². The molecule has 5 rings (SSSR count). The second-order valence-corrected chi connectivity index (χ2v) is 9.36. The van der Waals surface area contributed by atoms with Gasteiger partial charge in [0.25, 0.3) is 0 Å². The van der Waals surface area contributed by atoms with Gasteiger partial charge in [0.15, 0.2) is 0 Å². The van der Waals surface area contributed by atoms with Crippen LogP contribution in [-0.2, 0) is 0 Å². The van der Waals surface area contributed by atoms with E-state index < -0.39 is 0 Å². The highest BCUT2D eigenvalue weighted by atomic mass is 32.1. The SMILES string of the molecule is Cc1cc(C#Cc2ccc(F)cc2)ccc1-c1sc2cc(C#Cc3ccc(F)cc3)ccc2c1C. The van der Waals surface area contributed by atoms with Gasteiger partial charge >= 0.3 is 0 Å². The molecule has 0 bridgehead atoms. The van der Waals surface area contributed by atoms with Gasteiger partial charge in [-0.25, -0.2) is 8.78 Å². The molecule has 0 atom stereocenters. The van der Waals surface area contributed by atoms with Crippen LogP contribution in [0.1, 0.15) is 33.4 Å². The second-order valence-electron chi connectivity index (χ2n) is 8.31. The van der Waals surface area contributed by atoms with E-state index in [0.717, 1.165) is 27.8 Å². The van der Waals surface area contributed by atoms with E-state index in [1.807, 2.05) is 12.1 Å². The molecule has 0 N–H and O–H groups in total. The minimum absolute atomic E-state index is 0.262. The minimum Gasteiger partial charge on any atom is -0.207 e. The van der Waals surface area contributed by atoms with Crippen molar-refractivity contribution >= 4 is 21.4 Å². The largest absolute Gasteiger partial charge is 0.207 e. The average molecular weight is 475 g/mol. The van der Waals surface area contributed by atoms with Gasteiger partial charge in [0.1, 0.15) is 11.6 Å². The molecule has 0 saturated heterocycles. The molecular formula is C32H20F2S. The van der Waals surface area contributed by atoms with Crippen molar-refractivity contribution in [3.63, 3.8) is 0 Å². The Morgan fingerprint density at radius 1 is 0.571 bits per heavy atom. The van der Waals surface area contributed by atoms with E-state index in [1.54, 1.807) is 35.6 Å². The van der Waals surface area contributed by atoms with Gasteiger partial charge in [0.05, 0.1) is 0 Å². The van der Waals surface area contributed by atoms with Crippen LogP contribution in [0, 0.1) is 49.2 Å². The molecule has 0 aliphatic carbocycles. The zero-order chi connectivity index (χ0) is 24.4. The zero-order valence-corrected chi connectivity index (χ0v) is 20.1. The first kappa shape index (κ1) is 22.6. The molecule has 0 unspecified atom stereocenters. The third-order valence-corrected chi connectivity index (χ3v) is 7.09. The Labute approximate surface area is 207 Å². The normalized spacial score (nSPS) is 10.4. The minimum atomic E-state index is -0.263. The molecule has 4 aromatic carbocycles.